The van der Waals surface area contributed by atoms with Gasteiger partial charge in [-0.1, -0.05) is 24.3 Å². The van der Waals surface area contributed by atoms with Crippen molar-refractivity contribution in [1.29, 1.82) is 0 Å². The highest BCUT2D eigenvalue weighted by atomic mass is 19.4. The fraction of sp³-hybridized carbons (Fsp3) is 0.357. The predicted octanol–water partition coefficient (Wildman–Crippen LogP) is 3.08. The van der Waals surface area contributed by atoms with Crippen LogP contribution in [-0.2, 0) is 6.54 Å². The number of fused-ring (bicyclic) bond motifs is 1. The molecular weight excluding hydrogens is 267 g/mol. The van der Waals surface area contributed by atoms with Crippen LogP contribution in [0.15, 0.2) is 30.5 Å². The van der Waals surface area contributed by atoms with E-state index >= 15 is 0 Å². The normalized spacial score (nSPS) is 11.8. The summed E-state index contributed by atoms with van der Waals surface area (Å²) in [7, 11) is 1.61. The van der Waals surface area contributed by atoms with E-state index in [1.54, 1.807) is 13.2 Å². The number of hydrogen-bond acceptors (Lipinski definition) is 3. The largest absolute Gasteiger partial charge is 0.390 e. The molecule has 0 bridgehead atoms. The number of benzene rings is 1. The lowest BCUT2D eigenvalue weighted by atomic mass is 10.1. The average Bonchev–Trinajstić information content (AvgIpc) is 2.42. The van der Waals surface area contributed by atoms with Crippen LogP contribution in [0.4, 0.5) is 19.0 Å². The summed E-state index contributed by atoms with van der Waals surface area (Å²) >= 11 is 0. The zero-order valence-corrected chi connectivity index (χ0v) is 11.1. The molecule has 2 N–H and O–H groups in total. The van der Waals surface area contributed by atoms with Crippen molar-refractivity contribution in [3.8, 4) is 0 Å². The van der Waals surface area contributed by atoms with Crippen molar-refractivity contribution in [3.05, 3.63) is 36.0 Å². The van der Waals surface area contributed by atoms with Crippen LogP contribution < -0.4 is 10.6 Å². The first kappa shape index (κ1) is 14.6. The Balaban J connectivity index is 2.35. The monoisotopic (exact) mass is 283 g/mol. The molecule has 0 saturated carbocycles. The Kier molecular flexibility index (Phi) is 4.13. The lowest BCUT2D eigenvalue weighted by molar-refractivity contribution is -0.132. The second-order valence-electron chi connectivity index (χ2n) is 4.64. The molecule has 2 rings (SSSR count). The van der Waals surface area contributed by atoms with Gasteiger partial charge in [-0.05, 0) is 10.9 Å². The minimum atomic E-state index is -4.17. The molecule has 0 fully saturated rings. The van der Waals surface area contributed by atoms with Gasteiger partial charge in [-0.15, -0.1) is 0 Å². The third kappa shape index (κ3) is 3.19. The van der Waals surface area contributed by atoms with Gasteiger partial charge in [0.1, 0.15) is 5.82 Å². The van der Waals surface area contributed by atoms with Gasteiger partial charge in [-0.2, -0.15) is 13.2 Å². The van der Waals surface area contributed by atoms with Crippen molar-refractivity contribution in [2.45, 2.75) is 19.1 Å². The van der Waals surface area contributed by atoms with Crippen molar-refractivity contribution in [3.63, 3.8) is 0 Å². The maximum absolute atomic E-state index is 12.3. The van der Waals surface area contributed by atoms with Gasteiger partial charge in [0, 0.05) is 31.7 Å². The first-order valence-electron chi connectivity index (χ1n) is 6.27. The van der Waals surface area contributed by atoms with Gasteiger partial charge in [0.2, 0.25) is 0 Å². The Labute approximate surface area is 115 Å². The maximum Gasteiger partial charge on any atom is 0.390 e. The Morgan fingerprint density at radius 1 is 1.20 bits per heavy atom. The maximum atomic E-state index is 12.3. The zero-order valence-electron chi connectivity index (χ0n) is 11.1. The summed E-state index contributed by atoms with van der Waals surface area (Å²) in [5, 5.41) is 1.75. The first-order chi connectivity index (χ1) is 9.42. The highest BCUT2D eigenvalue weighted by molar-refractivity contribution is 5.94. The van der Waals surface area contributed by atoms with Gasteiger partial charge in [-0.25, -0.2) is 4.98 Å². The van der Waals surface area contributed by atoms with Crippen LogP contribution in [-0.4, -0.2) is 24.8 Å². The highest BCUT2D eigenvalue weighted by Crippen LogP contribution is 2.27. The quantitative estimate of drug-likeness (QED) is 0.937. The van der Waals surface area contributed by atoms with Crippen molar-refractivity contribution in [2.75, 3.05) is 18.5 Å². The second kappa shape index (κ2) is 5.66. The number of hydrogen-bond donors (Lipinski definition) is 1. The molecule has 0 unspecified atom stereocenters. The number of halogens is 3. The third-order valence-electron chi connectivity index (χ3n) is 3.17. The van der Waals surface area contributed by atoms with Crippen LogP contribution in [0, 0.1) is 0 Å². The fourth-order valence-corrected chi connectivity index (χ4v) is 2.10. The van der Waals surface area contributed by atoms with Crippen LogP contribution in [0.25, 0.3) is 10.8 Å². The molecule has 3 nitrogen and oxygen atoms in total. The van der Waals surface area contributed by atoms with Gasteiger partial charge in [0.05, 0.1) is 6.42 Å². The van der Waals surface area contributed by atoms with Crippen LogP contribution in [0.1, 0.15) is 12.0 Å². The van der Waals surface area contributed by atoms with E-state index in [9.17, 15) is 13.2 Å². The Morgan fingerprint density at radius 3 is 2.45 bits per heavy atom. The van der Waals surface area contributed by atoms with E-state index in [1.165, 1.54) is 4.90 Å². The SMILES string of the molecule is CN(CCC(F)(F)F)c1ncc(CN)c2ccccc12. The summed E-state index contributed by atoms with van der Waals surface area (Å²) in [6, 6.07) is 7.47. The van der Waals surface area contributed by atoms with E-state index in [1.807, 2.05) is 24.3 Å². The summed E-state index contributed by atoms with van der Waals surface area (Å²) in [5.41, 5.74) is 6.54. The topological polar surface area (TPSA) is 42.2 Å². The molecule has 108 valence electrons. The number of nitrogens with two attached hydrogens (primary N) is 1. The Bertz CT molecular complexity index is 596. The molecule has 1 heterocycles. The molecule has 6 heteroatoms. The minimum Gasteiger partial charge on any atom is -0.359 e. The molecule has 0 spiro atoms. The summed E-state index contributed by atoms with van der Waals surface area (Å²) in [6.07, 6.45) is -3.40. The van der Waals surface area contributed by atoms with Crippen LogP contribution in [0.2, 0.25) is 0 Å². The lowest BCUT2D eigenvalue weighted by Gasteiger charge is -2.21. The van der Waals surface area contributed by atoms with Crippen molar-refractivity contribution in [2.24, 2.45) is 5.73 Å². The molecule has 1 aromatic heterocycles. The number of aromatic nitrogens is 1. The molecule has 1 aromatic carbocycles. The number of alkyl halides is 3. The zero-order chi connectivity index (χ0) is 14.8. The Morgan fingerprint density at radius 2 is 1.85 bits per heavy atom. The highest BCUT2D eigenvalue weighted by Gasteiger charge is 2.27. The summed E-state index contributed by atoms with van der Waals surface area (Å²) < 4.78 is 36.9. The number of rotatable bonds is 4. The van der Waals surface area contributed by atoms with E-state index in [0.717, 1.165) is 16.3 Å². The third-order valence-corrected chi connectivity index (χ3v) is 3.17. The molecule has 0 atom stereocenters. The first-order valence-corrected chi connectivity index (χ1v) is 6.27. The van der Waals surface area contributed by atoms with Crippen LogP contribution in [0.3, 0.4) is 0 Å². The molecule has 2 aromatic rings. The second-order valence-corrected chi connectivity index (χ2v) is 4.64. The molecule has 0 saturated heterocycles. The summed E-state index contributed by atoms with van der Waals surface area (Å²) in [5.74, 6) is 0.544. The number of pyridine rings is 1. The van der Waals surface area contributed by atoms with Gasteiger partial charge < -0.3 is 10.6 Å². The summed E-state index contributed by atoms with van der Waals surface area (Å²) in [4.78, 5) is 5.78. The number of nitrogens with zero attached hydrogens (tertiary/aromatic N) is 2. The van der Waals surface area contributed by atoms with Crippen molar-refractivity contribution >= 4 is 16.6 Å². The van der Waals surface area contributed by atoms with Crippen LogP contribution >= 0.6 is 0 Å². The molecule has 0 radical (unpaired) electrons. The van der Waals surface area contributed by atoms with Crippen LogP contribution in [0.5, 0.6) is 0 Å². The molecule has 0 amide bonds. The Hall–Kier alpha value is -1.82. The van der Waals surface area contributed by atoms with E-state index in [4.69, 9.17) is 5.73 Å². The van der Waals surface area contributed by atoms with Gasteiger partial charge in [0.15, 0.2) is 0 Å². The molecular formula is C14H16F3N3. The van der Waals surface area contributed by atoms with Crippen molar-refractivity contribution < 1.29 is 13.2 Å². The predicted molar refractivity (Wildman–Crippen MR) is 73.6 cm³/mol. The molecule has 0 aliphatic carbocycles. The van der Waals surface area contributed by atoms with Gasteiger partial charge >= 0.3 is 6.18 Å². The number of anilines is 1. The average molecular weight is 283 g/mol. The fourth-order valence-electron chi connectivity index (χ4n) is 2.10. The molecule has 20 heavy (non-hydrogen) atoms. The lowest BCUT2D eigenvalue weighted by Crippen LogP contribution is -2.25. The smallest absolute Gasteiger partial charge is 0.359 e. The standard InChI is InChI=1S/C14H16F3N3/c1-20(7-6-14(15,16)17)13-12-5-3-2-4-11(12)10(8-18)9-19-13/h2-5,9H,6-8,18H2,1H3. The van der Waals surface area contributed by atoms with E-state index in [2.05, 4.69) is 4.98 Å². The van der Waals surface area contributed by atoms with E-state index in [0.29, 0.717) is 12.4 Å². The molecule has 0 aliphatic rings. The van der Waals surface area contributed by atoms with Gasteiger partial charge in [-0.3, -0.25) is 0 Å². The van der Waals surface area contributed by atoms with Crippen molar-refractivity contribution in [1.82, 2.24) is 4.98 Å². The van der Waals surface area contributed by atoms with E-state index < -0.39 is 12.6 Å². The molecule has 0 aliphatic heterocycles. The van der Waals surface area contributed by atoms with E-state index in [-0.39, 0.29) is 6.54 Å². The van der Waals surface area contributed by atoms with Gasteiger partial charge in [0.25, 0.3) is 0 Å². The minimum absolute atomic E-state index is 0.123. The summed E-state index contributed by atoms with van der Waals surface area (Å²) in [6.45, 7) is 0.225.